The first-order valence-corrected chi connectivity index (χ1v) is 11.7. The minimum absolute atomic E-state index is 0.195. The number of benzene rings is 2. The number of hydrogen-bond donors (Lipinski definition) is 0. The molecule has 2 heterocycles. The van der Waals surface area contributed by atoms with Crippen molar-refractivity contribution in [1.82, 2.24) is 4.57 Å². The highest BCUT2D eigenvalue weighted by molar-refractivity contribution is 7.07. The van der Waals surface area contributed by atoms with E-state index < -0.39 is 18.0 Å². The number of rotatable bonds is 6. The molecule has 0 N–H and O–H groups in total. The first-order chi connectivity index (χ1) is 16.9. The number of allylic oxidation sites excluding steroid dienone is 1. The Morgan fingerprint density at radius 1 is 1.09 bits per heavy atom. The number of aromatic nitrogens is 1. The molecule has 1 atom stereocenters. The van der Waals surface area contributed by atoms with Gasteiger partial charge in [0, 0.05) is 5.56 Å². The highest BCUT2D eigenvalue weighted by Crippen LogP contribution is 2.35. The van der Waals surface area contributed by atoms with Crippen molar-refractivity contribution in [1.29, 1.82) is 0 Å². The molecule has 1 aliphatic heterocycles. The Kier molecular flexibility index (Phi) is 6.97. The highest BCUT2D eigenvalue weighted by atomic mass is 32.1. The fraction of sp³-hybridized carbons (Fsp3) is 0.231. The molecule has 0 saturated carbocycles. The first-order valence-electron chi connectivity index (χ1n) is 10.9. The van der Waals surface area contributed by atoms with Crippen molar-refractivity contribution in [2.75, 3.05) is 20.8 Å². The molecular weight excluding hydrogens is 468 g/mol. The molecule has 0 spiro atoms. The average molecular weight is 493 g/mol. The van der Waals surface area contributed by atoms with Crippen molar-refractivity contribution < 1.29 is 23.8 Å². The zero-order valence-electron chi connectivity index (χ0n) is 19.7. The predicted octanol–water partition coefficient (Wildman–Crippen LogP) is 2.59. The number of hydrogen-bond acceptors (Lipinski definition) is 8. The average Bonchev–Trinajstić information content (AvgIpc) is 3.17. The third-order valence-corrected chi connectivity index (χ3v) is 6.56. The lowest BCUT2D eigenvalue weighted by atomic mass is 9.95. The number of carbonyl (C=O) groups is 2. The van der Waals surface area contributed by atoms with Gasteiger partial charge in [0.1, 0.15) is 11.8 Å². The van der Waals surface area contributed by atoms with Crippen molar-refractivity contribution in [2.24, 2.45) is 4.99 Å². The minimum Gasteiger partial charge on any atom is -0.496 e. The van der Waals surface area contributed by atoms with E-state index in [4.69, 9.17) is 14.2 Å². The topological polar surface area (TPSA) is 96.2 Å². The molecule has 4 rings (SSSR count). The zero-order chi connectivity index (χ0) is 25.1. The summed E-state index contributed by atoms with van der Waals surface area (Å²) in [5, 5.41) is 0. The van der Waals surface area contributed by atoms with Crippen molar-refractivity contribution in [3.05, 3.63) is 96.2 Å². The summed E-state index contributed by atoms with van der Waals surface area (Å²) in [4.78, 5) is 43.4. The van der Waals surface area contributed by atoms with Gasteiger partial charge in [-0.2, -0.15) is 0 Å². The lowest BCUT2D eigenvalue weighted by Gasteiger charge is -2.25. The molecule has 35 heavy (non-hydrogen) atoms. The number of esters is 2. The molecule has 2 aromatic carbocycles. The maximum absolute atomic E-state index is 13.6. The summed E-state index contributed by atoms with van der Waals surface area (Å²) in [6.07, 6.45) is 1.73. The molecule has 0 aliphatic carbocycles. The Hall–Kier alpha value is -3.98. The van der Waals surface area contributed by atoms with Crippen LogP contribution in [0.1, 0.15) is 41.4 Å². The van der Waals surface area contributed by atoms with Crippen molar-refractivity contribution >= 4 is 29.4 Å². The van der Waals surface area contributed by atoms with Gasteiger partial charge in [0.2, 0.25) is 0 Å². The van der Waals surface area contributed by atoms with Crippen LogP contribution in [0.4, 0.5) is 0 Å². The second-order valence-electron chi connectivity index (χ2n) is 7.66. The normalized spacial score (nSPS) is 15.3. The van der Waals surface area contributed by atoms with Gasteiger partial charge in [-0.1, -0.05) is 41.7 Å². The van der Waals surface area contributed by atoms with E-state index in [0.29, 0.717) is 31.9 Å². The van der Waals surface area contributed by atoms with E-state index in [-0.39, 0.29) is 17.7 Å². The van der Waals surface area contributed by atoms with E-state index in [9.17, 15) is 14.4 Å². The van der Waals surface area contributed by atoms with Gasteiger partial charge >= 0.3 is 11.9 Å². The largest absolute Gasteiger partial charge is 0.496 e. The van der Waals surface area contributed by atoms with E-state index in [2.05, 4.69) is 4.99 Å². The Balaban J connectivity index is 1.91. The first kappa shape index (κ1) is 24.2. The van der Waals surface area contributed by atoms with Gasteiger partial charge in [-0.15, -0.1) is 0 Å². The van der Waals surface area contributed by atoms with Crippen LogP contribution in [0.3, 0.4) is 0 Å². The highest BCUT2D eigenvalue weighted by Gasteiger charge is 2.34. The quantitative estimate of drug-likeness (QED) is 0.491. The van der Waals surface area contributed by atoms with E-state index in [0.717, 1.165) is 5.56 Å². The second kappa shape index (κ2) is 10.1. The Morgan fingerprint density at radius 2 is 1.80 bits per heavy atom. The van der Waals surface area contributed by atoms with Gasteiger partial charge in [0.25, 0.3) is 5.56 Å². The van der Waals surface area contributed by atoms with E-state index in [1.807, 2.05) is 18.2 Å². The van der Waals surface area contributed by atoms with Crippen LogP contribution in [0.25, 0.3) is 6.08 Å². The number of thiazole rings is 1. The van der Waals surface area contributed by atoms with Crippen molar-refractivity contribution in [2.45, 2.75) is 19.9 Å². The number of carbonyl (C=O) groups excluding carboxylic acids is 2. The number of ether oxygens (including phenoxy) is 3. The molecule has 9 heteroatoms. The lowest BCUT2D eigenvalue weighted by molar-refractivity contribution is -0.139. The number of fused-ring (bicyclic) bond motifs is 1. The third-order valence-electron chi connectivity index (χ3n) is 5.58. The standard InChI is InChI=1S/C26H24N2O6S/c1-5-34-25(31)21-15(2)27-26-28(22(21)18-8-6-7-9-19(18)32-3)23(29)20(35-26)14-16-10-12-17(13-11-16)24(30)33-4/h6-14,22H,5H2,1-4H3/b20-14-/t22-/m1/s1. The van der Waals surface area contributed by atoms with Crippen LogP contribution in [0.2, 0.25) is 0 Å². The molecule has 0 bridgehead atoms. The second-order valence-corrected chi connectivity index (χ2v) is 8.67. The number of methoxy groups -OCH3 is 2. The summed E-state index contributed by atoms with van der Waals surface area (Å²) < 4.78 is 17.6. The van der Waals surface area contributed by atoms with Gasteiger partial charge in [-0.3, -0.25) is 9.36 Å². The Bertz CT molecular complexity index is 1500. The fourth-order valence-corrected chi connectivity index (χ4v) is 5.01. The van der Waals surface area contributed by atoms with E-state index in [1.54, 1.807) is 57.4 Å². The molecule has 8 nitrogen and oxygen atoms in total. The van der Waals surface area contributed by atoms with Crippen LogP contribution in [0.5, 0.6) is 5.75 Å². The smallest absolute Gasteiger partial charge is 0.338 e. The van der Waals surface area contributed by atoms with Crippen LogP contribution in [0.15, 0.2) is 69.6 Å². The van der Waals surface area contributed by atoms with Gasteiger partial charge in [-0.05, 0) is 43.7 Å². The summed E-state index contributed by atoms with van der Waals surface area (Å²) in [7, 11) is 2.86. The molecule has 0 unspecified atom stereocenters. The van der Waals surface area contributed by atoms with E-state index in [1.165, 1.54) is 23.0 Å². The lowest BCUT2D eigenvalue weighted by Crippen LogP contribution is -2.40. The molecule has 1 aliphatic rings. The minimum atomic E-state index is -0.759. The fourth-order valence-electron chi connectivity index (χ4n) is 3.96. The summed E-state index contributed by atoms with van der Waals surface area (Å²) in [5.74, 6) is -0.422. The van der Waals surface area contributed by atoms with Gasteiger partial charge < -0.3 is 14.2 Å². The molecule has 0 fully saturated rings. The van der Waals surface area contributed by atoms with Crippen molar-refractivity contribution in [3.8, 4) is 5.75 Å². The predicted molar refractivity (Wildman–Crippen MR) is 131 cm³/mol. The molecular formula is C26H24N2O6S. The number of para-hydroxylation sites is 1. The molecule has 0 radical (unpaired) electrons. The third kappa shape index (κ3) is 4.54. The van der Waals surface area contributed by atoms with Gasteiger partial charge in [-0.25, -0.2) is 14.6 Å². The molecule has 0 amide bonds. The maximum Gasteiger partial charge on any atom is 0.338 e. The van der Waals surface area contributed by atoms with Crippen LogP contribution in [-0.2, 0) is 14.3 Å². The number of nitrogens with zero attached hydrogens (tertiary/aromatic N) is 2. The maximum atomic E-state index is 13.6. The van der Waals surface area contributed by atoms with Crippen LogP contribution in [0, 0.1) is 0 Å². The molecule has 3 aromatic rings. The summed E-state index contributed by atoms with van der Waals surface area (Å²) >= 11 is 1.22. The van der Waals surface area contributed by atoms with Gasteiger partial charge in [0.05, 0.1) is 42.2 Å². The van der Waals surface area contributed by atoms with Gasteiger partial charge in [0.15, 0.2) is 4.80 Å². The van der Waals surface area contributed by atoms with Crippen molar-refractivity contribution in [3.63, 3.8) is 0 Å². The SMILES string of the molecule is CCOC(=O)C1=C(C)N=c2s/c(=C\c3ccc(C(=O)OC)cc3)c(=O)n2[C@@H]1c1ccccc1OC. The zero-order valence-corrected chi connectivity index (χ0v) is 20.5. The summed E-state index contributed by atoms with van der Waals surface area (Å²) in [5.41, 5.74) is 2.28. The van der Waals surface area contributed by atoms with E-state index >= 15 is 0 Å². The van der Waals surface area contributed by atoms with Crippen LogP contribution >= 0.6 is 11.3 Å². The summed E-state index contributed by atoms with van der Waals surface area (Å²) in [6, 6.07) is 13.2. The van der Waals surface area contributed by atoms with Crippen LogP contribution < -0.4 is 19.6 Å². The van der Waals surface area contributed by atoms with Crippen LogP contribution in [-0.4, -0.2) is 37.3 Å². The Labute approximate surface area is 205 Å². The Morgan fingerprint density at radius 3 is 2.46 bits per heavy atom. The molecule has 0 saturated heterocycles. The molecule has 1 aromatic heterocycles. The monoisotopic (exact) mass is 492 g/mol. The summed E-state index contributed by atoms with van der Waals surface area (Å²) in [6.45, 7) is 3.66. The molecule has 180 valence electrons.